The summed E-state index contributed by atoms with van der Waals surface area (Å²) in [4.78, 5) is 9.20. The lowest BCUT2D eigenvalue weighted by Crippen LogP contribution is -2.44. The largest absolute Gasteiger partial charge is 0.389 e. The molecular formula is C21H24FN5O2. The van der Waals surface area contributed by atoms with E-state index in [1.807, 2.05) is 22.7 Å². The Labute approximate surface area is 168 Å². The maximum Gasteiger partial charge on any atom is 0.157 e. The number of hydrogen-bond acceptors (Lipinski definition) is 6. The Morgan fingerprint density at radius 3 is 2.79 bits per heavy atom. The first kappa shape index (κ1) is 18.5. The molecule has 4 heterocycles. The highest BCUT2D eigenvalue weighted by atomic mass is 19.1. The first-order valence-electron chi connectivity index (χ1n) is 10.1. The maximum absolute atomic E-state index is 14.4. The summed E-state index contributed by atoms with van der Waals surface area (Å²) in [7, 11) is 0. The summed E-state index contributed by atoms with van der Waals surface area (Å²) in [6.07, 6.45) is 2.25. The molecular weight excluding hydrogens is 373 g/mol. The van der Waals surface area contributed by atoms with Crippen molar-refractivity contribution in [3.63, 3.8) is 0 Å². The molecule has 2 aromatic heterocycles. The molecule has 2 unspecified atom stereocenters. The van der Waals surface area contributed by atoms with E-state index in [1.54, 1.807) is 18.3 Å². The molecule has 0 bridgehead atoms. The number of hydrogen-bond donors (Lipinski definition) is 1. The van der Waals surface area contributed by atoms with Crippen molar-refractivity contribution in [2.45, 2.75) is 18.6 Å². The van der Waals surface area contributed by atoms with Crippen molar-refractivity contribution in [3.8, 4) is 11.3 Å². The molecule has 2 aliphatic heterocycles. The van der Waals surface area contributed by atoms with Gasteiger partial charge in [-0.25, -0.2) is 9.37 Å². The normalized spacial score (nSPS) is 23.6. The third-order valence-electron chi connectivity index (χ3n) is 5.84. The molecule has 2 fully saturated rings. The average Bonchev–Trinajstić information content (AvgIpc) is 3.30. The summed E-state index contributed by atoms with van der Waals surface area (Å²) in [5, 5.41) is 14.6. The lowest BCUT2D eigenvalue weighted by molar-refractivity contribution is 0.0859. The number of halogens is 1. The Morgan fingerprint density at radius 2 is 1.97 bits per heavy atom. The van der Waals surface area contributed by atoms with Gasteiger partial charge in [0.15, 0.2) is 5.65 Å². The number of rotatable bonds is 3. The van der Waals surface area contributed by atoms with Crippen LogP contribution in [0.2, 0.25) is 0 Å². The summed E-state index contributed by atoms with van der Waals surface area (Å²) in [5.74, 6) is 0.621. The van der Waals surface area contributed by atoms with Crippen molar-refractivity contribution >= 4 is 11.5 Å². The van der Waals surface area contributed by atoms with Crippen LogP contribution in [-0.4, -0.2) is 76.1 Å². The first-order chi connectivity index (χ1) is 14.2. The van der Waals surface area contributed by atoms with E-state index in [9.17, 15) is 9.50 Å². The third kappa shape index (κ3) is 3.48. The number of aliphatic hydroxyl groups is 1. The van der Waals surface area contributed by atoms with E-state index in [0.29, 0.717) is 30.1 Å². The molecule has 0 aliphatic carbocycles. The lowest BCUT2D eigenvalue weighted by atomic mass is 10.1. The predicted molar refractivity (Wildman–Crippen MR) is 107 cm³/mol. The van der Waals surface area contributed by atoms with Crippen molar-refractivity contribution in [1.29, 1.82) is 0 Å². The minimum Gasteiger partial charge on any atom is -0.389 e. The Bertz CT molecular complexity index is 1010. The van der Waals surface area contributed by atoms with Crippen molar-refractivity contribution < 1.29 is 14.2 Å². The van der Waals surface area contributed by atoms with Gasteiger partial charge < -0.3 is 14.7 Å². The zero-order valence-electron chi connectivity index (χ0n) is 16.1. The van der Waals surface area contributed by atoms with Crippen molar-refractivity contribution in [1.82, 2.24) is 19.5 Å². The number of benzene rings is 1. The van der Waals surface area contributed by atoms with Gasteiger partial charge in [0, 0.05) is 43.9 Å². The molecule has 0 spiro atoms. The second-order valence-corrected chi connectivity index (χ2v) is 7.63. The molecule has 2 saturated heterocycles. The topological polar surface area (TPSA) is 66.1 Å². The van der Waals surface area contributed by atoms with Crippen molar-refractivity contribution in [2.75, 3.05) is 44.3 Å². The molecule has 7 nitrogen and oxygen atoms in total. The molecule has 2 atom stereocenters. The zero-order valence-corrected chi connectivity index (χ0v) is 16.1. The van der Waals surface area contributed by atoms with Crippen LogP contribution in [-0.2, 0) is 4.74 Å². The monoisotopic (exact) mass is 397 g/mol. The standard InChI is InChI=1S/C21H24FN5O2/c22-16-5-2-1-4-15(16)17-12-21(27-20(24-17)6-7-23-27)26-9-3-8-25(10-11-26)18-13-29-14-19(18)28/h1-2,4-7,12,18-19,28H,3,8-11,13-14H2. The second kappa shape index (κ2) is 7.70. The number of aliphatic hydroxyl groups excluding tert-OH is 1. The van der Waals surface area contributed by atoms with Gasteiger partial charge in [0.1, 0.15) is 11.6 Å². The number of nitrogens with zero attached hydrogens (tertiary/aromatic N) is 5. The number of aromatic nitrogens is 3. The smallest absolute Gasteiger partial charge is 0.157 e. The molecule has 29 heavy (non-hydrogen) atoms. The van der Waals surface area contributed by atoms with Crippen molar-refractivity contribution in [2.24, 2.45) is 0 Å². The van der Waals surface area contributed by atoms with Crippen LogP contribution in [0.4, 0.5) is 10.2 Å². The van der Waals surface area contributed by atoms with Crippen LogP contribution in [0.25, 0.3) is 16.9 Å². The van der Waals surface area contributed by atoms with Gasteiger partial charge in [-0.05, 0) is 18.6 Å². The van der Waals surface area contributed by atoms with E-state index in [4.69, 9.17) is 4.74 Å². The average molecular weight is 397 g/mol. The first-order valence-corrected chi connectivity index (χ1v) is 10.1. The van der Waals surface area contributed by atoms with Gasteiger partial charge in [-0.1, -0.05) is 12.1 Å². The van der Waals surface area contributed by atoms with E-state index in [-0.39, 0.29) is 11.9 Å². The maximum atomic E-state index is 14.4. The fourth-order valence-electron chi connectivity index (χ4n) is 4.31. The highest BCUT2D eigenvalue weighted by Crippen LogP contribution is 2.27. The summed E-state index contributed by atoms with van der Waals surface area (Å²) < 4.78 is 21.6. The fourth-order valence-corrected chi connectivity index (χ4v) is 4.31. The summed E-state index contributed by atoms with van der Waals surface area (Å²) in [6.45, 7) is 4.38. The van der Waals surface area contributed by atoms with Crippen LogP contribution in [0.15, 0.2) is 42.6 Å². The summed E-state index contributed by atoms with van der Waals surface area (Å²) >= 11 is 0. The number of anilines is 1. The minimum absolute atomic E-state index is 0.0612. The van der Waals surface area contributed by atoms with Crippen LogP contribution in [0.3, 0.4) is 0 Å². The van der Waals surface area contributed by atoms with Crippen LogP contribution >= 0.6 is 0 Å². The van der Waals surface area contributed by atoms with E-state index in [0.717, 1.165) is 38.4 Å². The fraction of sp³-hybridized carbons (Fsp3) is 0.429. The van der Waals surface area contributed by atoms with Crippen LogP contribution in [0.5, 0.6) is 0 Å². The molecule has 8 heteroatoms. The summed E-state index contributed by atoms with van der Waals surface area (Å²) in [6, 6.07) is 10.5. The van der Waals surface area contributed by atoms with Crippen LogP contribution in [0.1, 0.15) is 6.42 Å². The Balaban J connectivity index is 1.46. The quantitative estimate of drug-likeness (QED) is 0.727. The second-order valence-electron chi connectivity index (χ2n) is 7.63. The van der Waals surface area contributed by atoms with Gasteiger partial charge in [0.2, 0.25) is 0 Å². The Hall–Kier alpha value is -2.55. The zero-order chi connectivity index (χ0) is 19.8. The van der Waals surface area contributed by atoms with E-state index >= 15 is 0 Å². The van der Waals surface area contributed by atoms with Gasteiger partial charge in [0.25, 0.3) is 0 Å². The number of ether oxygens (including phenoxy) is 1. The third-order valence-corrected chi connectivity index (χ3v) is 5.84. The molecule has 1 N–H and O–H groups in total. The molecule has 2 aliphatic rings. The lowest BCUT2D eigenvalue weighted by Gasteiger charge is -2.28. The minimum atomic E-state index is -0.423. The molecule has 0 amide bonds. The molecule has 0 radical (unpaired) electrons. The Morgan fingerprint density at radius 1 is 1.07 bits per heavy atom. The highest BCUT2D eigenvalue weighted by Gasteiger charge is 2.32. The van der Waals surface area contributed by atoms with Gasteiger partial charge in [-0.3, -0.25) is 4.90 Å². The van der Waals surface area contributed by atoms with Gasteiger partial charge >= 0.3 is 0 Å². The Kier molecular flexibility index (Phi) is 4.91. The molecule has 5 rings (SSSR count). The summed E-state index contributed by atoms with van der Waals surface area (Å²) in [5.41, 5.74) is 1.79. The molecule has 0 saturated carbocycles. The van der Waals surface area contributed by atoms with Gasteiger partial charge in [-0.2, -0.15) is 9.61 Å². The van der Waals surface area contributed by atoms with Crippen LogP contribution in [0, 0.1) is 5.82 Å². The molecule has 152 valence electrons. The highest BCUT2D eigenvalue weighted by molar-refractivity contribution is 5.67. The van der Waals surface area contributed by atoms with E-state index in [1.165, 1.54) is 6.07 Å². The van der Waals surface area contributed by atoms with E-state index in [2.05, 4.69) is 19.9 Å². The van der Waals surface area contributed by atoms with Gasteiger partial charge in [0.05, 0.1) is 37.3 Å². The van der Waals surface area contributed by atoms with E-state index < -0.39 is 6.10 Å². The van der Waals surface area contributed by atoms with Crippen molar-refractivity contribution in [3.05, 3.63) is 48.4 Å². The number of fused-ring (bicyclic) bond motifs is 1. The SMILES string of the molecule is OC1COCC1N1CCCN(c2cc(-c3ccccc3F)nc3ccnn23)CC1. The molecule has 3 aromatic rings. The predicted octanol–water partition coefficient (Wildman–Crippen LogP) is 1.81. The van der Waals surface area contributed by atoms with Gasteiger partial charge in [-0.15, -0.1) is 0 Å². The molecule has 1 aromatic carbocycles. The van der Waals surface area contributed by atoms with Crippen LogP contribution < -0.4 is 4.90 Å².